The van der Waals surface area contributed by atoms with Gasteiger partial charge < -0.3 is 30.2 Å². The summed E-state index contributed by atoms with van der Waals surface area (Å²) < 4.78 is 15.9. The largest absolute Gasteiger partial charge is 0.494 e. The minimum absolute atomic E-state index is 0.155. The Hall–Kier alpha value is -4.61. The minimum Gasteiger partial charge on any atom is -0.494 e. The average Bonchev–Trinajstić information content (AvgIpc) is 2.87. The second-order valence-electron chi connectivity index (χ2n) is 9.38. The van der Waals surface area contributed by atoms with Crippen LogP contribution in [0.3, 0.4) is 0 Å². The first kappa shape index (κ1) is 29.0. The van der Waals surface area contributed by atoms with Crippen molar-refractivity contribution in [3.05, 3.63) is 70.1 Å². The summed E-state index contributed by atoms with van der Waals surface area (Å²) in [6.07, 6.45) is 0.185. The summed E-state index contributed by atoms with van der Waals surface area (Å²) in [5.74, 6) is 0.649. The summed E-state index contributed by atoms with van der Waals surface area (Å²) in [5.41, 5.74) is 0.885. The van der Waals surface area contributed by atoms with E-state index in [9.17, 15) is 14.4 Å². The average molecular weight is 539 g/mol. The van der Waals surface area contributed by atoms with Crippen molar-refractivity contribution in [3.8, 4) is 5.75 Å². The molecule has 12 heteroatoms. The fourth-order valence-electron chi connectivity index (χ4n) is 3.21. The number of anilines is 3. The number of hydrogen-bond acceptors (Lipinski definition) is 10. The molecular formula is C27H34N6O6. The van der Waals surface area contributed by atoms with Crippen LogP contribution in [0, 0.1) is 0 Å². The van der Waals surface area contributed by atoms with E-state index in [1.165, 1.54) is 0 Å². The van der Waals surface area contributed by atoms with Crippen molar-refractivity contribution in [2.75, 3.05) is 30.4 Å². The van der Waals surface area contributed by atoms with Crippen molar-refractivity contribution in [1.82, 2.24) is 20.3 Å². The molecule has 3 rings (SSSR count). The number of nitrogens with zero attached hydrogens (tertiary/aromatic N) is 2. The van der Waals surface area contributed by atoms with Crippen molar-refractivity contribution in [1.29, 1.82) is 0 Å². The van der Waals surface area contributed by atoms with Gasteiger partial charge in [0.15, 0.2) is 0 Å². The molecule has 0 aliphatic rings. The van der Waals surface area contributed by atoms with E-state index in [2.05, 4.69) is 30.9 Å². The smallest absolute Gasteiger partial charge is 0.407 e. The summed E-state index contributed by atoms with van der Waals surface area (Å²) in [6, 6.07) is 14.0. The van der Waals surface area contributed by atoms with Crippen molar-refractivity contribution in [2.45, 2.75) is 46.3 Å². The second-order valence-corrected chi connectivity index (χ2v) is 9.38. The Labute approximate surface area is 226 Å². The molecule has 0 atom stereocenters. The summed E-state index contributed by atoms with van der Waals surface area (Å²) in [6.45, 7) is 8.75. The Morgan fingerprint density at radius 3 is 2.38 bits per heavy atom. The van der Waals surface area contributed by atoms with Crippen LogP contribution in [0.25, 0.3) is 0 Å². The first-order valence-corrected chi connectivity index (χ1v) is 12.6. The van der Waals surface area contributed by atoms with Gasteiger partial charge in [-0.15, -0.1) is 0 Å². The van der Waals surface area contributed by atoms with E-state index in [1.807, 2.05) is 45.0 Å². The van der Waals surface area contributed by atoms with Gasteiger partial charge in [-0.2, -0.15) is 9.97 Å². The van der Waals surface area contributed by atoms with E-state index in [4.69, 9.17) is 14.2 Å². The van der Waals surface area contributed by atoms with Crippen molar-refractivity contribution < 1.29 is 23.8 Å². The fraction of sp³-hybridized carbons (Fsp3) is 0.370. The number of ether oxygens (including phenoxy) is 3. The third-order valence-electron chi connectivity index (χ3n) is 4.94. The van der Waals surface area contributed by atoms with E-state index in [1.54, 1.807) is 31.2 Å². The highest BCUT2D eigenvalue weighted by atomic mass is 16.6. The van der Waals surface area contributed by atoms with E-state index in [-0.39, 0.29) is 11.9 Å². The summed E-state index contributed by atoms with van der Waals surface area (Å²) >= 11 is 0. The zero-order chi connectivity index (χ0) is 28.3. The zero-order valence-corrected chi connectivity index (χ0v) is 22.5. The van der Waals surface area contributed by atoms with Crippen LogP contribution >= 0.6 is 0 Å². The maximum Gasteiger partial charge on any atom is 0.407 e. The quantitative estimate of drug-likeness (QED) is 0.196. The number of carbonyl (C=O) groups is 2. The maximum absolute atomic E-state index is 12.0. The third-order valence-corrected chi connectivity index (χ3v) is 4.94. The first-order valence-electron chi connectivity index (χ1n) is 12.6. The lowest BCUT2D eigenvalue weighted by atomic mass is 10.2. The monoisotopic (exact) mass is 538 g/mol. The number of rotatable bonds is 12. The van der Waals surface area contributed by atoms with Gasteiger partial charge in [-0.05, 0) is 76.1 Å². The normalized spacial score (nSPS) is 10.9. The first-order chi connectivity index (χ1) is 18.6. The van der Waals surface area contributed by atoms with Crippen LogP contribution in [0.5, 0.6) is 5.75 Å². The molecule has 0 aliphatic carbocycles. The zero-order valence-electron chi connectivity index (χ0n) is 22.5. The number of aromatic amines is 1. The highest BCUT2D eigenvalue weighted by molar-refractivity contribution is 5.89. The van der Waals surface area contributed by atoms with Gasteiger partial charge in [-0.1, -0.05) is 12.1 Å². The van der Waals surface area contributed by atoms with Crippen LogP contribution in [-0.2, 0) is 16.0 Å². The maximum atomic E-state index is 12.0. The molecule has 0 aliphatic heterocycles. The van der Waals surface area contributed by atoms with Gasteiger partial charge in [0.2, 0.25) is 11.9 Å². The molecule has 0 bridgehead atoms. The molecule has 2 aromatic carbocycles. The SMILES string of the molecule is CCOC(=O)c1ccc(Nc2nc(NCc3ccc(OCCCNC(=O)OC(C)(C)C)cc3)nc(=O)[nH]2)cc1. The number of alkyl carbamates (subject to hydrolysis) is 1. The number of hydrogen-bond donors (Lipinski definition) is 4. The predicted octanol–water partition coefficient (Wildman–Crippen LogP) is 3.99. The molecular weight excluding hydrogens is 504 g/mol. The van der Waals surface area contributed by atoms with Crippen LogP contribution in [0.4, 0.5) is 22.4 Å². The van der Waals surface area contributed by atoms with Crippen LogP contribution in [-0.4, -0.2) is 52.4 Å². The molecule has 0 saturated carbocycles. The Morgan fingerprint density at radius 1 is 1.00 bits per heavy atom. The van der Waals surface area contributed by atoms with Gasteiger partial charge in [-0.3, -0.25) is 4.98 Å². The molecule has 3 aromatic rings. The van der Waals surface area contributed by atoms with E-state index in [0.29, 0.717) is 49.7 Å². The molecule has 1 amide bonds. The molecule has 4 N–H and O–H groups in total. The molecule has 208 valence electrons. The Kier molecular flexibility index (Phi) is 10.2. The molecule has 1 aromatic heterocycles. The van der Waals surface area contributed by atoms with Gasteiger partial charge in [0, 0.05) is 18.8 Å². The topological polar surface area (TPSA) is 157 Å². The molecule has 0 fully saturated rings. The standard InChI is InChI=1S/C27H34N6O6/c1-5-37-22(34)19-9-11-20(12-10-19)30-24-31-23(32-25(35)33-24)29-17-18-7-13-21(14-8-18)38-16-6-15-28-26(36)39-27(2,3)4/h7-14H,5-6,15-17H2,1-4H3,(H,28,36)(H3,29,30,31,32,33,35). The van der Waals surface area contributed by atoms with Crippen molar-refractivity contribution in [3.63, 3.8) is 0 Å². The number of amides is 1. The fourth-order valence-corrected chi connectivity index (χ4v) is 3.21. The highest BCUT2D eigenvalue weighted by Gasteiger charge is 2.15. The van der Waals surface area contributed by atoms with Crippen LogP contribution in [0.15, 0.2) is 53.3 Å². The van der Waals surface area contributed by atoms with Gasteiger partial charge in [0.25, 0.3) is 0 Å². The lowest BCUT2D eigenvalue weighted by Crippen LogP contribution is -2.33. The lowest BCUT2D eigenvalue weighted by Gasteiger charge is -2.19. The summed E-state index contributed by atoms with van der Waals surface area (Å²) in [7, 11) is 0. The Bertz CT molecular complexity index is 1290. The van der Waals surface area contributed by atoms with Crippen LogP contribution < -0.4 is 26.4 Å². The van der Waals surface area contributed by atoms with Gasteiger partial charge in [0.1, 0.15) is 11.4 Å². The molecule has 12 nitrogen and oxygen atoms in total. The van der Waals surface area contributed by atoms with Gasteiger partial charge in [0.05, 0.1) is 18.8 Å². The highest BCUT2D eigenvalue weighted by Crippen LogP contribution is 2.16. The van der Waals surface area contributed by atoms with Gasteiger partial charge >= 0.3 is 17.8 Å². The molecule has 0 unspecified atom stereocenters. The Balaban J connectivity index is 1.45. The number of carbonyl (C=O) groups excluding carboxylic acids is 2. The molecule has 0 saturated heterocycles. The molecule has 0 radical (unpaired) electrons. The van der Waals surface area contributed by atoms with E-state index in [0.717, 1.165) is 5.56 Å². The summed E-state index contributed by atoms with van der Waals surface area (Å²) in [4.78, 5) is 46.1. The summed E-state index contributed by atoms with van der Waals surface area (Å²) in [5, 5.41) is 8.72. The van der Waals surface area contributed by atoms with E-state index < -0.39 is 23.4 Å². The van der Waals surface area contributed by atoms with Gasteiger partial charge in [-0.25, -0.2) is 14.4 Å². The lowest BCUT2D eigenvalue weighted by molar-refractivity contribution is 0.0515. The number of H-pyrrole nitrogens is 1. The van der Waals surface area contributed by atoms with Crippen LogP contribution in [0.1, 0.15) is 50.0 Å². The second kappa shape index (κ2) is 13.8. The Morgan fingerprint density at radius 2 is 1.72 bits per heavy atom. The molecule has 39 heavy (non-hydrogen) atoms. The number of esters is 1. The number of aromatic nitrogens is 3. The minimum atomic E-state index is -0.567. The molecule has 0 spiro atoms. The third kappa shape index (κ3) is 10.3. The van der Waals surface area contributed by atoms with E-state index >= 15 is 0 Å². The van der Waals surface area contributed by atoms with Crippen LogP contribution in [0.2, 0.25) is 0 Å². The number of nitrogens with one attached hydrogen (secondary N) is 4. The van der Waals surface area contributed by atoms with Crippen molar-refractivity contribution in [2.24, 2.45) is 0 Å². The predicted molar refractivity (Wildman–Crippen MR) is 146 cm³/mol. The van der Waals surface area contributed by atoms with Crippen molar-refractivity contribution >= 4 is 29.6 Å². The molecule has 1 heterocycles. The number of benzene rings is 2.